The lowest BCUT2D eigenvalue weighted by atomic mass is 9.86. The van der Waals surface area contributed by atoms with E-state index in [-0.39, 0.29) is 12.4 Å². The summed E-state index contributed by atoms with van der Waals surface area (Å²) in [5.74, 6) is 0.501. The summed E-state index contributed by atoms with van der Waals surface area (Å²) in [6.45, 7) is 16.9. The fourth-order valence-corrected chi connectivity index (χ4v) is 5.38. The fourth-order valence-electron chi connectivity index (χ4n) is 4.05. The van der Waals surface area contributed by atoms with Gasteiger partial charge in [-0.1, -0.05) is 46.5 Å². The van der Waals surface area contributed by atoms with Crippen molar-refractivity contribution in [1.82, 2.24) is 0 Å². The van der Waals surface area contributed by atoms with Gasteiger partial charge in [0.1, 0.15) is 6.04 Å². The zero-order valence-electron chi connectivity index (χ0n) is 20.7. The molecule has 0 aromatic heterocycles. The second-order valence-corrected chi connectivity index (χ2v) is 20.5. The first kappa shape index (κ1) is 26.5. The summed E-state index contributed by atoms with van der Waals surface area (Å²) in [6.07, 6.45) is 2.40. The van der Waals surface area contributed by atoms with Crippen LogP contribution in [0.25, 0.3) is 0 Å². The maximum absolute atomic E-state index is 6.78. The topological polar surface area (TPSA) is 29.3 Å². The van der Waals surface area contributed by atoms with Crippen LogP contribution in [0.3, 0.4) is 0 Å². The van der Waals surface area contributed by atoms with Crippen molar-refractivity contribution in [3.63, 3.8) is 0 Å². The maximum atomic E-state index is 6.78. The summed E-state index contributed by atoms with van der Waals surface area (Å²) in [5.41, 5.74) is 12.0. The van der Waals surface area contributed by atoms with Crippen LogP contribution >= 0.6 is 0 Å². The minimum atomic E-state index is -1.09. The number of anilines is 2. The summed E-state index contributed by atoms with van der Waals surface area (Å²) >= 11 is 0. The molecule has 1 aliphatic heterocycles. The second kappa shape index (κ2) is 9.33. The number of benzene rings is 1. The lowest BCUT2D eigenvalue weighted by molar-refractivity contribution is -0.893. The van der Waals surface area contributed by atoms with Gasteiger partial charge in [-0.15, -0.1) is 0 Å². The van der Waals surface area contributed by atoms with Crippen molar-refractivity contribution in [2.45, 2.75) is 76.3 Å². The van der Waals surface area contributed by atoms with E-state index in [0.29, 0.717) is 17.0 Å². The largest absolute Gasteiger partial charge is 1.00 e. The number of rotatable bonds is 7. The Bertz CT molecular complexity index is 687. The van der Waals surface area contributed by atoms with Crippen molar-refractivity contribution < 1.29 is 16.9 Å². The van der Waals surface area contributed by atoms with E-state index in [0.717, 1.165) is 29.7 Å². The number of nitrogen functional groups attached to an aromatic ring is 1. The molecular weight excluding hydrogens is 410 g/mol. The normalized spacial score (nSPS) is 19.3. The molecule has 0 bridgehead atoms. The van der Waals surface area contributed by atoms with Gasteiger partial charge < -0.3 is 27.5 Å². The molecule has 3 nitrogen and oxygen atoms in total. The van der Waals surface area contributed by atoms with Gasteiger partial charge in [0.15, 0.2) is 0 Å². The van der Waals surface area contributed by atoms with Crippen LogP contribution in [0, 0.1) is 0 Å². The predicted octanol–water partition coefficient (Wildman–Crippen LogP) is 1.11. The van der Waals surface area contributed by atoms with Crippen LogP contribution in [0.2, 0.25) is 30.7 Å². The van der Waals surface area contributed by atoms with Crippen LogP contribution < -0.4 is 23.0 Å². The van der Waals surface area contributed by atoms with E-state index in [4.69, 9.17) is 5.73 Å². The summed E-state index contributed by atoms with van der Waals surface area (Å²) in [4.78, 5) is 2.61. The van der Waals surface area contributed by atoms with E-state index >= 15 is 0 Å². The van der Waals surface area contributed by atoms with Crippen molar-refractivity contribution in [2.75, 3.05) is 44.9 Å². The minimum absolute atomic E-state index is 0. The van der Waals surface area contributed by atoms with E-state index in [1.165, 1.54) is 39.5 Å². The third kappa shape index (κ3) is 7.01. The van der Waals surface area contributed by atoms with Gasteiger partial charge >= 0.3 is 0 Å². The highest BCUT2D eigenvalue weighted by molar-refractivity contribution is 6.76. The Balaban J connectivity index is 0.00000420. The highest BCUT2D eigenvalue weighted by Crippen LogP contribution is 2.43. The summed E-state index contributed by atoms with van der Waals surface area (Å²) in [6, 6.07) is 6.86. The molecule has 0 amide bonds. The molecule has 2 unspecified atom stereocenters. The van der Waals surface area contributed by atoms with Crippen molar-refractivity contribution in [3.8, 4) is 0 Å². The molecule has 1 aliphatic rings. The van der Waals surface area contributed by atoms with E-state index in [1.54, 1.807) is 0 Å². The van der Waals surface area contributed by atoms with Gasteiger partial charge in [-0.25, -0.2) is 0 Å². The molecule has 29 heavy (non-hydrogen) atoms. The number of hydrogen-bond donors (Lipinski definition) is 1. The van der Waals surface area contributed by atoms with Crippen LogP contribution in [0.1, 0.15) is 44.2 Å². The Morgan fingerprint density at radius 1 is 1.24 bits per heavy atom. The van der Waals surface area contributed by atoms with Crippen LogP contribution in [0.4, 0.5) is 11.4 Å². The minimum Gasteiger partial charge on any atom is -1.00 e. The lowest BCUT2D eigenvalue weighted by Crippen LogP contribution is -3.00. The molecule has 1 fully saturated rings. The van der Waals surface area contributed by atoms with E-state index in [9.17, 15) is 0 Å². The SMILES string of the molecule is CC(c1cc(N2CCC([N+](C)(C)C)C2)cc(CC[Si](C)(C)C)c1N)C(C)(C)[SiH3].[Cl-]. The Kier molecular flexibility index (Phi) is 8.54. The summed E-state index contributed by atoms with van der Waals surface area (Å²) in [5, 5.41) is 0.346. The number of hydrogen-bond acceptors (Lipinski definition) is 2. The van der Waals surface area contributed by atoms with Gasteiger partial charge in [-0.3, -0.25) is 0 Å². The first-order chi connectivity index (χ1) is 12.6. The van der Waals surface area contributed by atoms with Crippen LogP contribution in [0.15, 0.2) is 12.1 Å². The van der Waals surface area contributed by atoms with Crippen molar-refractivity contribution >= 4 is 29.7 Å². The quantitative estimate of drug-likeness (QED) is 0.379. The molecule has 2 N–H and O–H groups in total. The number of likely N-dealkylation sites (N-methyl/N-ethyl adjacent to an activating group) is 1. The highest BCUT2D eigenvalue weighted by atomic mass is 35.5. The number of nitrogens with zero attached hydrogens (tertiary/aromatic N) is 2. The zero-order valence-corrected chi connectivity index (χ0v) is 24.5. The molecular formula is C23H46ClN3Si2. The van der Waals surface area contributed by atoms with Gasteiger partial charge in [0.05, 0.1) is 27.7 Å². The smallest absolute Gasteiger partial charge is 0.108 e. The van der Waals surface area contributed by atoms with E-state index in [1.807, 2.05) is 0 Å². The molecule has 1 heterocycles. The Hall–Kier alpha value is -0.496. The Labute approximate surface area is 190 Å². The summed E-state index contributed by atoms with van der Waals surface area (Å²) in [7, 11) is 7.06. The molecule has 0 saturated carbocycles. The first-order valence-corrected chi connectivity index (χ1v) is 15.8. The van der Waals surface area contributed by atoms with Gasteiger partial charge in [-0.05, 0) is 40.6 Å². The first-order valence-electron chi connectivity index (χ1n) is 11.1. The molecule has 1 aromatic rings. The summed E-state index contributed by atoms with van der Waals surface area (Å²) < 4.78 is 1.05. The predicted molar refractivity (Wildman–Crippen MR) is 134 cm³/mol. The molecule has 2 atom stereocenters. The standard InChI is InChI=1S/C23H46N3Si2.ClH/c1-17(23(2,3)27)21-15-19(25-12-10-20(16-25)26(4,5)6)14-18(22(21)24)11-13-28(7,8)9;/h14-15,17,20H,10-13,16,24H2,1-9,27H3;1H/q+1;/p-1. The van der Waals surface area contributed by atoms with Crippen LogP contribution in [-0.4, -0.2) is 63.1 Å². The van der Waals surface area contributed by atoms with Crippen molar-refractivity contribution in [1.29, 1.82) is 0 Å². The molecule has 6 heteroatoms. The lowest BCUT2D eigenvalue weighted by Gasteiger charge is -2.33. The maximum Gasteiger partial charge on any atom is 0.108 e. The average Bonchev–Trinajstić information content (AvgIpc) is 3.01. The van der Waals surface area contributed by atoms with Gasteiger partial charge in [0, 0.05) is 42.7 Å². The fraction of sp³-hybridized carbons (Fsp3) is 0.739. The highest BCUT2D eigenvalue weighted by Gasteiger charge is 2.33. The van der Waals surface area contributed by atoms with Gasteiger partial charge in [0.25, 0.3) is 0 Å². The van der Waals surface area contributed by atoms with E-state index < -0.39 is 8.07 Å². The molecule has 0 radical (unpaired) electrons. The molecule has 168 valence electrons. The number of aryl methyl sites for hydroxylation is 1. The van der Waals surface area contributed by atoms with Crippen LogP contribution in [0.5, 0.6) is 0 Å². The van der Waals surface area contributed by atoms with E-state index in [2.05, 4.69) is 78.6 Å². The molecule has 1 saturated heterocycles. The number of nitrogens with two attached hydrogens (primary N) is 1. The number of halogens is 1. The Morgan fingerprint density at radius 3 is 2.28 bits per heavy atom. The average molecular weight is 456 g/mol. The van der Waals surface area contributed by atoms with Gasteiger partial charge in [0.2, 0.25) is 0 Å². The molecule has 0 aliphatic carbocycles. The number of quaternary nitrogens is 1. The third-order valence-corrected chi connectivity index (χ3v) is 9.43. The third-order valence-electron chi connectivity index (χ3n) is 6.82. The second-order valence-electron chi connectivity index (χ2n) is 12.3. The molecule has 0 spiro atoms. The molecule has 1 aromatic carbocycles. The van der Waals surface area contributed by atoms with Crippen LogP contribution in [-0.2, 0) is 6.42 Å². The van der Waals surface area contributed by atoms with Gasteiger partial charge in [-0.2, -0.15) is 0 Å². The van der Waals surface area contributed by atoms with Crippen molar-refractivity contribution in [3.05, 3.63) is 23.3 Å². The monoisotopic (exact) mass is 455 g/mol. The van der Waals surface area contributed by atoms with Crippen molar-refractivity contribution in [2.24, 2.45) is 0 Å². The molecule has 2 rings (SSSR count). The Morgan fingerprint density at radius 2 is 1.83 bits per heavy atom. The zero-order chi connectivity index (χ0) is 21.5.